The second kappa shape index (κ2) is 14.3. The molecule has 1 fully saturated rings. The Morgan fingerprint density at radius 2 is 1.71 bits per heavy atom. The summed E-state index contributed by atoms with van der Waals surface area (Å²) in [6, 6.07) is 0.312. The molecule has 1 aromatic heterocycles. The number of rotatable bonds is 11. The highest BCUT2D eigenvalue weighted by molar-refractivity contribution is 5.82. The highest BCUT2D eigenvalue weighted by Gasteiger charge is 2.37. The number of carboxylic acids is 1. The van der Waals surface area contributed by atoms with Crippen LogP contribution in [-0.2, 0) is 26.9 Å². The van der Waals surface area contributed by atoms with Gasteiger partial charge in [-0.15, -0.1) is 6.42 Å². The first-order valence-electron chi connectivity index (χ1n) is 15.1. The molecule has 0 bridgehead atoms. The number of carbonyl (C=O) groups excluding carboxylic acids is 1. The van der Waals surface area contributed by atoms with E-state index in [9.17, 15) is 37.1 Å². The van der Waals surface area contributed by atoms with E-state index in [1.54, 1.807) is 13.8 Å². The molecule has 48 heavy (non-hydrogen) atoms. The first kappa shape index (κ1) is 36.3. The molecule has 1 amide bonds. The average Bonchev–Trinajstić information content (AvgIpc) is 2.94. The molecule has 0 spiro atoms. The summed E-state index contributed by atoms with van der Waals surface area (Å²) in [4.78, 5) is 39.0. The molecule has 7 nitrogen and oxygen atoms in total. The standard InChI is InChI=1S/C35H34F6N2O5/c1-6-21-11-24(30-18(4)8-23(36)9-19(30)5)33(38)31(32(21)37)26(13-29(45)46)42-34(47)27(7-17(2)3)43-14-22(10-20-15-48-16-20)25(12-28(43)44)35(39,40)41/h1,8-9,11-12,14,17,20,26-27H,7,10,13,15-16H2,2-5H3,(H,42,47)(H,45,46)/t26-,27-/m1/s1. The van der Waals surface area contributed by atoms with Gasteiger partial charge in [0.1, 0.15) is 23.5 Å². The van der Waals surface area contributed by atoms with E-state index in [0.717, 1.165) is 29.0 Å². The van der Waals surface area contributed by atoms with Crippen molar-refractivity contribution < 1.29 is 45.8 Å². The van der Waals surface area contributed by atoms with Crippen molar-refractivity contribution in [3.63, 3.8) is 0 Å². The molecular weight excluding hydrogens is 642 g/mol. The lowest BCUT2D eigenvalue weighted by molar-refractivity contribution is -0.139. The molecule has 0 unspecified atom stereocenters. The number of carboxylic acid groups (broad SMARTS) is 1. The number of aryl methyl sites for hydroxylation is 2. The zero-order chi connectivity index (χ0) is 35.7. The van der Waals surface area contributed by atoms with Gasteiger partial charge < -0.3 is 19.7 Å². The summed E-state index contributed by atoms with van der Waals surface area (Å²) in [6.45, 7) is 6.79. The van der Waals surface area contributed by atoms with E-state index in [-0.39, 0.29) is 65.7 Å². The van der Waals surface area contributed by atoms with Crippen LogP contribution in [0.1, 0.15) is 72.2 Å². The van der Waals surface area contributed by atoms with Gasteiger partial charge in [-0.1, -0.05) is 19.8 Å². The van der Waals surface area contributed by atoms with Crippen molar-refractivity contribution in [3.8, 4) is 23.5 Å². The summed E-state index contributed by atoms with van der Waals surface area (Å²) < 4.78 is 94.0. The lowest BCUT2D eigenvalue weighted by Gasteiger charge is -2.29. The molecule has 0 aliphatic carbocycles. The number of alkyl halides is 3. The molecule has 3 aromatic rings. The molecule has 256 valence electrons. The third-order valence-electron chi connectivity index (χ3n) is 8.22. The summed E-state index contributed by atoms with van der Waals surface area (Å²) in [7, 11) is 0. The van der Waals surface area contributed by atoms with Crippen LogP contribution in [0, 0.1) is 55.5 Å². The van der Waals surface area contributed by atoms with Gasteiger partial charge in [0.25, 0.3) is 5.56 Å². The van der Waals surface area contributed by atoms with E-state index in [2.05, 4.69) is 11.2 Å². The number of nitrogens with zero attached hydrogens (tertiary/aromatic N) is 1. The van der Waals surface area contributed by atoms with Crippen LogP contribution in [0.15, 0.2) is 35.3 Å². The van der Waals surface area contributed by atoms with E-state index >= 15 is 8.78 Å². The van der Waals surface area contributed by atoms with E-state index in [1.165, 1.54) is 13.8 Å². The zero-order valence-electron chi connectivity index (χ0n) is 26.6. The molecule has 1 aliphatic heterocycles. The Kier molecular flexibility index (Phi) is 10.8. The Bertz CT molecular complexity index is 1820. The quantitative estimate of drug-likeness (QED) is 0.175. The number of amides is 1. The van der Waals surface area contributed by atoms with Crippen molar-refractivity contribution in [2.24, 2.45) is 11.8 Å². The van der Waals surface area contributed by atoms with Crippen molar-refractivity contribution in [2.45, 2.75) is 65.2 Å². The van der Waals surface area contributed by atoms with Gasteiger partial charge in [-0.3, -0.25) is 14.4 Å². The van der Waals surface area contributed by atoms with Crippen molar-refractivity contribution in [2.75, 3.05) is 13.2 Å². The maximum atomic E-state index is 16.4. The van der Waals surface area contributed by atoms with Gasteiger partial charge in [-0.25, -0.2) is 13.2 Å². The molecule has 2 heterocycles. The van der Waals surface area contributed by atoms with Gasteiger partial charge in [-0.05, 0) is 73.1 Å². The van der Waals surface area contributed by atoms with Gasteiger partial charge in [-0.2, -0.15) is 13.2 Å². The van der Waals surface area contributed by atoms with Crippen LogP contribution in [0.5, 0.6) is 0 Å². The Labute approximate surface area is 272 Å². The summed E-state index contributed by atoms with van der Waals surface area (Å²) in [5, 5.41) is 12.1. The maximum Gasteiger partial charge on any atom is 0.416 e. The largest absolute Gasteiger partial charge is 0.481 e. The zero-order valence-corrected chi connectivity index (χ0v) is 26.6. The Morgan fingerprint density at radius 3 is 2.21 bits per heavy atom. The van der Waals surface area contributed by atoms with Crippen molar-refractivity contribution in [1.29, 1.82) is 0 Å². The van der Waals surface area contributed by atoms with Crippen LogP contribution >= 0.6 is 0 Å². The monoisotopic (exact) mass is 676 g/mol. The van der Waals surface area contributed by atoms with Gasteiger partial charge in [0.05, 0.1) is 36.8 Å². The summed E-state index contributed by atoms with van der Waals surface area (Å²) in [5.74, 6) is -4.27. The van der Waals surface area contributed by atoms with Crippen molar-refractivity contribution in [1.82, 2.24) is 9.88 Å². The minimum absolute atomic E-state index is 0.0902. The van der Waals surface area contributed by atoms with Crippen LogP contribution in [0.4, 0.5) is 26.3 Å². The van der Waals surface area contributed by atoms with Gasteiger partial charge in [0.2, 0.25) is 5.91 Å². The van der Waals surface area contributed by atoms with E-state index in [4.69, 9.17) is 11.2 Å². The number of terminal acetylenes is 1. The third-order valence-corrected chi connectivity index (χ3v) is 8.22. The van der Waals surface area contributed by atoms with Crippen LogP contribution in [-0.4, -0.2) is 34.8 Å². The molecule has 2 aromatic carbocycles. The van der Waals surface area contributed by atoms with Crippen molar-refractivity contribution in [3.05, 3.63) is 91.6 Å². The SMILES string of the molecule is C#Cc1cc(-c2c(C)cc(F)cc2C)c(F)c([C@@H](CC(=O)O)NC(=O)[C@@H](CC(C)C)n2cc(CC3COC3)c(C(F)(F)F)cc2=O)c1F. The molecule has 0 saturated carbocycles. The van der Waals surface area contributed by atoms with E-state index in [1.807, 2.05) is 0 Å². The van der Waals surface area contributed by atoms with Crippen LogP contribution in [0.25, 0.3) is 11.1 Å². The highest BCUT2D eigenvalue weighted by atomic mass is 19.4. The summed E-state index contributed by atoms with van der Waals surface area (Å²) >= 11 is 0. The number of halogens is 6. The Morgan fingerprint density at radius 1 is 1.08 bits per heavy atom. The number of hydrogen-bond donors (Lipinski definition) is 2. The highest BCUT2D eigenvalue weighted by Crippen LogP contribution is 2.38. The van der Waals surface area contributed by atoms with Gasteiger partial charge in [0, 0.05) is 29.3 Å². The number of hydrogen-bond acceptors (Lipinski definition) is 4. The minimum Gasteiger partial charge on any atom is -0.481 e. The molecule has 13 heteroatoms. The predicted octanol–water partition coefficient (Wildman–Crippen LogP) is 6.66. The molecular formula is C35H34F6N2O5. The first-order chi connectivity index (χ1) is 22.4. The van der Waals surface area contributed by atoms with Crippen LogP contribution in [0.2, 0.25) is 0 Å². The smallest absolute Gasteiger partial charge is 0.416 e. The Hall–Kier alpha value is -4.57. The third kappa shape index (κ3) is 7.76. The van der Waals surface area contributed by atoms with Gasteiger partial charge in [0.15, 0.2) is 0 Å². The summed E-state index contributed by atoms with van der Waals surface area (Å²) in [6.07, 6.45) is 0.393. The number of benzene rings is 2. The first-order valence-corrected chi connectivity index (χ1v) is 15.1. The molecule has 1 aliphatic rings. The lowest BCUT2D eigenvalue weighted by atomic mass is 9.89. The predicted molar refractivity (Wildman–Crippen MR) is 165 cm³/mol. The topological polar surface area (TPSA) is 97.6 Å². The molecule has 2 atom stereocenters. The summed E-state index contributed by atoms with van der Waals surface area (Å²) in [5.41, 5.74) is -3.44. The fourth-order valence-electron chi connectivity index (χ4n) is 6.02. The minimum atomic E-state index is -4.86. The maximum absolute atomic E-state index is 16.4. The van der Waals surface area contributed by atoms with E-state index < -0.39 is 76.3 Å². The number of pyridine rings is 1. The fraction of sp³-hybridized carbons (Fsp3) is 0.400. The second-order valence-electron chi connectivity index (χ2n) is 12.4. The van der Waals surface area contributed by atoms with Crippen LogP contribution in [0.3, 0.4) is 0 Å². The molecule has 2 N–H and O–H groups in total. The van der Waals surface area contributed by atoms with Gasteiger partial charge >= 0.3 is 12.1 Å². The number of nitrogens with one attached hydrogen (secondary N) is 1. The lowest BCUT2D eigenvalue weighted by Crippen LogP contribution is -2.41. The number of aliphatic carboxylic acids is 1. The average molecular weight is 677 g/mol. The molecule has 0 radical (unpaired) electrons. The Balaban J connectivity index is 1.86. The van der Waals surface area contributed by atoms with E-state index in [0.29, 0.717) is 6.07 Å². The van der Waals surface area contributed by atoms with Crippen molar-refractivity contribution >= 4 is 11.9 Å². The molecule has 1 saturated heterocycles. The number of carbonyl (C=O) groups is 2. The molecule has 4 rings (SSSR count). The number of aromatic nitrogens is 1. The van der Waals surface area contributed by atoms with Crippen LogP contribution < -0.4 is 10.9 Å². The normalized spacial score (nSPS) is 14.7. The fourth-order valence-corrected chi connectivity index (χ4v) is 6.02. The number of ether oxygens (including phenoxy) is 1. The second-order valence-corrected chi connectivity index (χ2v) is 12.4.